The summed E-state index contributed by atoms with van der Waals surface area (Å²) in [7, 11) is 0. The van der Waals surface area contributed by atoms with Crippen LogP contribution in [0.5, 0.6) is 0 Å². The Morgan fingerprint density at radius 3 is 2.55 bits per heavy atom. The van der Waals surface area contributed by atoms with Crippen LogP contribution in [0.25, 0.3) is 10.9 Å². The predicted molar refractivity (Wildman–Crippen MR) is 112 cm³/mol. The van der Waals surface area contributed by atoms with Gasteiger partial charge in [0.2, 0.25) is 0 Å². The van der Waals surface area contributed by atoms with Crippen LogP contribution in [0.15, 0.2) is 36.7 Å². The Labute approximate surface area is 177 Å². The molecule has 0 fully saturated rings. The number of amides is 1. The smallest absolute Gasteiger partial charge is 0.328 e. The first-order chi connectivity index (χ1) is 14.9. The van der Waals surface area contributed by atoms with Crippen LogP contribution in [0.3, 0.4) is 0 Å². The number of carbonyl (C=O) groups is 3. The molecule has 0 bridgehead atoms. The molecule has 0 saturated carbocycles. The van der Waals surface area contributed by atoms with Gasteiger partial charge >= 0.3 is 11.9 Å². The molecule has 2 aliphatic rings. The zero-order chi connectivity index (χ0) is 22.1. The number of benzene rings is 1. The molecule has 4 heterocycles. The molecule has 0 atom stereocenters. The fourth-order valence-electron chi connectivity index (χ4n) is 4.24. The number of aromatic amines is 1. The second-order valence-corrected chi connectivity index (χ2v) is 7.50. The van der Waals surface area contributed by atoms with Crippen LogP contribution < -0.4 is 0 Å². The number of carboxylic acid groups (broad SMARTS) is 2. The number of hydrogen-bond donors (Lipinski definition) is 3. The topological polar surface area (TPSA) is 129 Å². The third-order valence-corrected chi connectivity index (χ3v) is 5.64. The molecule has 2 aliphatic heterocycles. The van der Waals surface area contributed by atoms with Crippen molar-refractivity contribution >= 4 is 28.7 Å². The number of H-pyrrole nitrogens is 1. The van der Waals surface area contributed by atoms with Crippen molar-refractivity contribution in [3.05, 3.63) is 64.9 Å². The summed E-state index contributed by atoms with van der Waals surface area (Å²) in [5.74, 6) is -2.36. The van der Waals surface area contributed by atoms with Crippen molar-refractivity contribution in [3.8, 4) is 0 Å². The Balaban J connectivity index is 0.000000250. The third-order valence-electron chi connectivity index (χ3n) is 5.64. The van der Waals surface area contributed by atoms with Crippen molar-refractivity contribution in [2.75, 3.05) is 6.54 Å². The van der Waals surface area contributed by atoms with Gasteiger partial charge in [0.1, 0.15) is 0 Å². The molecule has 3 aromatic rings. The van der Waals surface area contributed by atoms with Gasteiger partial charge in [-0.25, -0.2) is 14.6 Å². The van der Waals surface area contributed by atoms with Gasteiger partial charge in [-0.3, -0.25) is 4.79 Å². The summed E-state index contributed by atoms with van der Waals surface area (Å²) in [4.78, 5) is 41.6. The summed E-state index contributed by atoms with van der Waals surface area (Å²) in [5, 5.41) is 16.8. The Hall–Kier alpha value is -3.88. The highest BCUT2D eigenvalue weighted by atomic mass is 16.4. The van der Waals surface area contributed by atoms with Gasteiger partial charge in [0.05, 0.1) is 29.6 Å². The van der Waals surface area contributed by atoms with Gasteiger partial charge in [-0.1, -0.05) is 18.2 Å². The molecule has 0 spiro atoms. The first-order valence-corrected chi connectivity index (χ1v) is 9.91. The summed E-state index contributed by atoms with van der Waals surface area (Å²) in [6.45, 7) is 4.36. The summed E-state index contributed by atoms with van der Waals surface area (Å²) < 4.78 is 2.37. The molecule has 1 amide bonds. The molecule has 1 aromatic carbocycles. The van der Waals surface area contributed by atoms with Gasteiger partial charge in [-0.05, 0) is 18.9 Å². The lowest BCUT2D eigenvalue weighted by Gasteiger charge is -2.27. The van der Waals surface area contributed by atoms with E-state index < -0.39 is 11.9 Å². The van der Waals surface area contributed by atoms with Gasteiger partial charge in [0.25, 0.3) is 5.91 Å². The van der Waals surface area contributed by atoms with Crippen LogP contribution in [-0.4, -0.2) is 54.0 Å². The lowest BCUT2D eigenvalue weighted by molar-refractivity contribution is -0.134. The van der Waals surface area contributed by atoms with Gasteiger partial charge < -0.3 is 24.7 Å². The van der Waals surface area contributed by atoms with E-state index in [0.717, 1.165) is 48.3 Å². The summed E-state index contributed by atoms with van der Waals surface area (Å²) in [5.41, 5.74) is 6.79. The van der Waals surface area contributed by atoms with Gasteiger partial charge in [0.15, 0.2) is 0 Å². The molecule has 0 aliphatic carbocycles. The number of carbonyl (C=O) groups excluding carboxylic acids is 1. The molecule has 9 nitrogen and oxygen atoms in total. The second-order valence-electron chi connectivity index (χ2n) is 7.50. The van der Waals surface area contributed by atoms with Crippen molar-refractivity contribution in [1.29, 1.82) is 0 Å². The summed E-state index contributed by atoms with van der Waals surface area (Å²) in [6, 6.07) is 6.37. The number of aryl methyl sites for hydroxylation is 3. The van der Waals surface area contributed by atoms with E-state index >= 15 is 0 Å². The Morgan fingerprint density at radius 2 is 1.90 bits per heavy atom. The number of imidazole rings is 1. The maximum absolute atomic E-state index is 13.1. The number of nitrogens with zero attached hydrogens (tertiary/aromatic N) is 3. The molecule has 9 heteroatoms. The number of fused-ring (bicyclic) bond motifs is 3. The van der Waals surface area contributed by atoms with E-state index in [1.54, 1.807) is 6.33 Å². The second kappa shape index (κ2) is 8.10. The molecule has 31 heavy (non-hydrogen) atoms. The lowest BCUT2D eigenvalue weighted by Crippen LogP contribution is -2.37. The van der Waals surface area contributed by atoms with Crippen LogP contribution in [0, 0.1) is 6.92 Å². The monoisotopic (exact) mass is 422 g/mol. The number of rotatable bonds is 4. The van der Waals surface area contributed by atoms with Crippen LogP contribution in [0.4, 0.5) is 0 Å². The predicted octanol–water partition coefficient (Wildman–Crippen LogP) is 2.14. The van der Waals surface area contributed by atoms with E-state index in [0.29, 0.717) is 18.7 Å². The van der Waals surface area contributed by atoms with Crippen LogP contribution in [0.2, 0.25) is 0 Å². The summed E-state index contributed by atoms with van der Waals surface area (Å²) in [6.07, 6.45) is 4.83. The van der Waals surface area contributed by atoms with Crippen LogP contribution >= 0.6 is 0 Å². The first kappa shape index (κ1) is 20.4. The van der Waals surface area contributed by atoms with Crippen molar-refractivity contribution in [2.45, 2.75) is 32.9 Å². The van der Waals surface area contributed by atoms with Gasteiger partial charge in [-0.15, -0.1) is 0 Å². The minimum Gasteiger partial charge on any atom is -0.478 e. The fourth-order valence-corrected chi connectivity index (χ4v) is 4.24. The highest BCUT2D eigenvalue weighted by Gasteiger charge is 2.33. The molecule has 0 saturated heterocycles. The van der Waals surface area contributed by atoms with Crippen molar-refractivity contribution < 1.29 is 24.6 Å². The van der Waals surface area contributed by atoms with Crippen LogP contribution in [0.1, 0.15) is 33.0 Å². The molecule has 3 N–H and O–H groups in total. The maximum Gasteiger partial charge on any atom is 0.328 e. The van der Waals surface area contributed by atoms with Gasteiger partial charge in [0, 0.05) is 48.4 Å². The van der Waals surface area contributed by atoms with E-state index in [2.05, 4.69) is 32.7 Å². The number of aromatic nitrogens is 3. The minimum absolute atomic E-state index is 0.149. The van der Waals surface area contributed by atoms with E-state index in [9.17, 15) is 14.4 Å². The number of aliphatic carboxylic acids is 2. The van der Waals surface area contributed by atoms with Gasteiger partial charge in [-0.2, -0.15) is 0 Å². The summed E-state index contributed by atoms with van der Waals surface area (Å²) >= 11 is 0. The van der Waals surface area contributed by atoms with Crippen molar-refractivity contribution in [2.24, 2.45) is 0 Å². The van der Waals surface area contributed by atoms with E-state index in [-0.39, 0.29) is 5.91 Å². The van der Waals surface area contributed by atoms with Crippen LogP contribution in [-0.2, 0) is 35.5 Å². The quantitative estimate of drug-likeness (QED) is 0.553. The average Bonchev–Trinajstić information content (AvgIpc) is 3.43. The van der Waals surface area contributed by atoms with E-state index in [1.807, 2.05) is 11.8 Å². The Bertz CT molecular complexity index is 1200. The Kier molecular flexibility index (Phi) is 5.33. The average molecular weight is 422 g/mol. The zero-order valence-electron chi connectivity index (χ0n) is 17.0. The maximum atomic E-state index is 13.1. The molecular weight excluding hydrogens is 400 g/mol. The standard InChI is InChI=1S/C18H18N4O.C4H4O4/c1-11-14(20-10-19-11)9-21-7-6-15-16(18(21)23)13-4-2-3-12-5-8-22(15)17(12)13;5-3(6)1-2-4(7)8/h2-4,10H,5-9H2,1H3,(H,19,20);1-2H,(H,5,6)(H,7,8). The molecule has 2 aromatic heterocycles. The Morgan fingerprint density at radius 1 is 1.16 bits per heavy atom. The first-order valence-electron chi connectivity index (χ1n) is 9.91. The third kappa shape index (κ3) is 3.81. The minimum atomic E-state index is -1.26. The molecule has 0 radical (unpaired) electrons. The SMILES string of the molecule is Cc1[nH]cnc1CN1CCc2c(c3cccc4c3n2CC4)C1=O.O=C(O)C=CC(=O)O. The van der Waals surface area contributed by atoms with Crippen molar-refractivity contribution in [3.63, 3.8) is 0 Å². The molecule has 160 valence electrons. The molecule has 0 unspecified atom stereocenters. The molecule has 5 rings (SSSR count). The molecular formula is C22H22N4O5. The zero-order valence-corrected chi connectivity index (χ0v) is 17.0. The largest absolute Gasteiger partial charge is 0.478 e. The van der Waals surface area contributed by atoms with Crippen molar-refractivity contribution in [1.82, 2.24) is 19.4 Å². The van der Waals surface area contributed by atoms with E-state index in [1.165, 1.54) is 16.8 Å². The highest BCUT2D eigenvalue weighted by molar-refractivity contribution is 6.10. The normalized spacial score (nSPS) is 14.6. The lowest BCUT2D eigenvalue weighted by atomic mass is 10.0. The van der Waals surface area contributed by atoms with E-state index in [4.69, 9.17) is 10.2 Å². The highest BCUT2D eigenvalue weighted by Crippen LogP contribution is 2.36. The number of carboxylic acids is 2. The number of para-hydroxylation sites is 1. The number of nitrogens with one attached hydrogen (secondary N) is 1. The fraction of sp³-hybridized carbons (Fsp3) is 0.273. The number of hydrogen-bond acceptors (Lipinski definition) is 4.